The molecule has 2 rings (SSSR count). The van der Waals surface area contributed by atoms with Crippen LogP contribution in [0, 0.1) is 0 Å². The third kappa shape index (κ3) is 0.618. The fourth-order valence-electron chi connectivity index (χ4n) is 1.03. The fourth-order valence-corrected chi connectivity index (χ4v) is 1.03. The van der Waals surface area contributed by atoms with Gasteiger partial charge in [0.2, 0.25) is 0 Å². The van der Waals surface area contributed by atoms with Crippen molar-refractivity contribution in [2.24, 2.45) is 12.0 Å². The van der Waals surface area contributed by atoms with Gasteiger partial charge in [0.1, 0.15) is 0 Å². The van der Waals surface area contributed by atoms with Gasteiger partial charge in [-0.15, -0.1) is 0 Å². The summed E-state index contributed by atoms with van der Waals surface area (Å²) >= 11 is 0. The van der Waals surface area contributed by atoms with Gasteiger partial charge < -0.3 is 5.32 Å². The number of hydrogen-bond donors (Lipinski definition) is 1. The summed E-state index contributed by atoms with van der Waals surface area (Å²) in [5.74, 6) is 0.957. The Kier molecular flexibility index (Phi) is 1.00. The van der Waals surface area contributed by atoms with E-state index in [-0.39, 0.29) is 0 Å². The minimum absolute atomic E-state index is 0.840. The van der Waals surface area contributed by atoms with Crippen LogP contribution >= 0.6 is 0 Å². The molecular formula is C6H8N4. The highest BCUT2D eigenvalue weighted by Gasteiger charge is 2.08. The topological polar surface area (TPSA) is 42.2 Å². The van der Waals surface area contributed by atoms with Crippen LogP contribution in [0.4, 0.5) is 5.82 Å². The minimum Gasteiger partial charge on any atom is -0.372 e. The summed E-state index contributed by atoms with van der Waals surface area (Å²) in [6, 6.07) is 0. The third-order valence-corrected chi connectivity index (χ3v) is 1.55. The van der Waals surface area contributed by atoms with Gasteiger partial charge in [0, 0.05) is 19.2 Å². The second-order valence-corrected chi connectivity index (χ2v) is 2.26. The summed E-state index contributed by atoms with van der Waals surface area (Å²) in [6.07, 6.45) is 3.53. The van der Waals surface area contributed by atoms with Crippen LogP contribution in [0.2, 0.25) is 0 Å². The van der Waals surface area contributed by atoms with Gasteiger partial charge in [0.15, 0.2) is 5.82 Å². The number of rotatable bonds is 0. The molecule has 0 atom stereocenters. The van der Waals surface area contributed by atoms with Crippen LogP contribution in [0.1, 0.15) is 5.56 Å². The number of hydrogen-bond acceptors (Lipinski definition) is 3. The van der Waals surface area contributed by atoms with Crippen molar-refractivity contribution < 1.29 is 0 Å². The Labute approximate surface area is 58.6 Å². The highest BCUT2D eigenvalue weighted by molar-refractivity contribution is 5.64. The van der Waals surface area contributed by atoms with E-state index in [4.69, 9.17) is 0 Å². The molecule has 0 aliphatic carbocycles. The Bertz CT molecular complexity index is 273. The Hall–Kier alpha value is -1.32. The van der Waals surface area contributed by atoms with Gasteiger partial charge >= 0.3 is 0 Å². The molecule has 0 unspecified atom stereocenters. The predicted molar refractivity (Wildman–Crippen MR) is 38.2 cm³/mol. The number of nitrogens with one attached hydrogen (secondary N) is 1. The average molecular weight is 136 g/mol. The molecule has 0 saturated heterocycles. The molecule has 1 aliphatic rings. The Morgan fingerprint density at radius 3 is 3.40 bits per heavy atom. The molecule has 1 aromatic rings. The molecule has 1 aromatic heterocycles. The number of fused-ring (bicyclic) bond motifs is 1. The molecule has 1 N–H and O–H groups in total. The standard InChI is InChI=1S/C6H8N4/c1-10-6-5(3-9-10)2-7-4-8-6/h3-4H,2H2,1H3,(H,7,8). The Balaban J connectivity index is 2.57. The first-order chi connectivity index (χ1) is 4.88. The van der Waals surface area contributed by atoms with E-state index in [0.717, 1.165) is 17.9 Å². The van der Waals surface area contributed by atoms with E-state index in [1.54, 1.807) is 11.0 Å². The van der Waals surface area contributed by atoms with Gasteiger partial charge in [-0.05, 0) is 0 Å². The monoisotopic (exact) mass is 136 g/mol. The maximum atomic E-state index is 4.12. The normalized spacial score (nSPS) is 14.5. The van der Waals surface area contributed by atoms with Crippen LogP contribution in [0.3, 0.4) is 0 Å². The number of nitrogens with zero attached hydrogens (tertiary/aromatic N) is 3. The summed E-state index contributed by atoms with van der Waals surface area (Å²) in [7, 11) is 1.89. The van der Waals surface area contributed by atoms with Gasteiger partial charge in [0.25, 0.3) is 0 Å². The van der Waals surface area contributed by atoms with Crippen molar-refractivity contribution in [3.8, 4) is 0 Å². The van der Waals surface area contributed by atoms with Crippen molar-refractivity contribution in [3.63, 3.8) is 0 Å². The second kappa shape index (κ2) is 1.83. The first kappa shape index (κ1) is 5.46. The van der Waals surface area contributed by atoms with E-state index in [1.165, 1.54) is 0 Å². The van der Waals surface area contributed by atoms with Gasteiger partial charge in [0.05, 0.1) is 12.5 Å². The molecule has 0 bridgehead atoms. The average Bonchev–Trinajstić information content (AvgIpc) is 2.34. The lowest BCUT2D eigenvalue weighted by Gasteiger charge is -2.05. The molecule has 1 aliphatic heterocycles. The largest absolute Gasteiger partial charge is 0.372 e. The summed E-state index contributed by atoms with van der Waals surface area (Å²) in [5.41, 5.74) is 1.16. The van der Waals surface area contributed by atoms with Gasteiger partial charge in [-0.1, -0.05) is 0 Å². The molecule has 0 saturated carbocycles. The smallest absolute Gasteiger partial charge is 0.156 e. The zero-order valence-electron chi connectivity index (χ0n) is 5.70. The molecule has 0 aromatic carbocycles. The van der Waals surface area contributed by atoms with Gasteiger partial charge in [-0.3, -0.25) is 4.68 Å². The first-order valence-corrected chi connectivity index (χ1v) is 3.15. The summed E-state index contributed by atoms with van der Waals surface area (Å²) < 4.78 is 1.77. The highest BCUT2D eigenvalue weighted by atomic mass is 15.3. The Morgan fingerprint density at radius 2 is 2.60 bits per heavy atom. The molecular weight excluding hydrogens is 128 g/mol. The van der Waals surface area contributed by atoms with E-state index in [1.807, 2.05) is 13.2 Å². The number of aryl methyl sites for hydroxylation is 1. The maximum Gasteiger partial charge on any atom is 0.156 e. The van der Waals surface area contributed by atoms with Gasteiger partial charge in [-0.25, -0.2) is 4.99 Å². The first-order valence-electron chi connectivity index (χ1n) is 3.15. The molecule has 4 heteroatoms. The van der Waals surface area contributed by atoms with Crippen LogP contribution in [0.15, 0.2) is 11.2 Å². The van der Waals surface area contributed by atoms with Crippen LogP contribution in [-0.2, 0) is 13.6 Å². The van der Waals surface area contributed by atoms with E-state index in [2.05, 4.69) is 15.4 Å². The fraction of sp³-hybridized carbons (Fsp3) is 0.333. The Morgan fingerprint density at radius 1 is 1.70 bits per heavy atom. The number of aromatic nitrogens is 2. The lowest BCUT2D eigenvalue weighted by Crippen LogP contribution is -2.13. The van der Waals surface area contributed by atoms with E-state index < -0.39 is 0 Å². The number of aliphatic imine (C=N–C) groups is 1. The van der Waals surface area contributed by atoms with Crippen LogP contribution in [0.25, 0.3) is 0 Å². The van der Waals surface area contributed by atoms with Gasteiger partial charge in [-0.2, -0.15) is 5.10 Å². The molecule has 10 heavy (non-hydrogen) atoms. The maximum absolute atomic E-state index is 4.12. The van der Waals surface area contributed by atoms with Crippen LogP contribution in [-0.4, -0.2) is 16.1 Å². The van der Waals surface area contributed by atoms with E-state index in [0.29, 0.717) is 0 Å². The zero-order valence-corrected chi connectivity index (χ0v) is 5.70. The molecule has 0 amide bonds. The van der Waals surface area contributed by atoms with Crippen LogP contribution in [0.5, 0.6) is 0 Å². The molecule has 0 radical (unpaired) electrons. The summed E-state index contributed by atoms with van der Waals surface area (Å²) in [4.78, 5) is 4.12. The molecule has 2 heterocycles. The van der Waals surface area contributed by atoms with E-state index >= 15 is 0 Å². The van der Waals surface area contributed by atoms with E-state index in [9.17, 15) is 0 Å². The highest BCUT2D eigenvalue weighted by Crippen LogP contribution is 2.18. The lowest BCUT2D eigenvalue weighted by molar-refractivity contribution is 0.765. The second-order valence-electron chi connectivity index (χ2n) is 2.26. The molecule has 52 valence electrons. The van der Waals surface area contributed by atoms with Crippen molar-refractivity contribution in [3.05, 3.63) is 11.8 Å². The van der Waals surface area contributed by atoms with Crippen LogP contribution < -0.4 is 5.32 Å². The lowest BCUT2D eigenvalue weighted by atomic mass is 10.3. The van der Waals surface area contributed by atoms with Crippen molar-refractivity contribution in [2.75, 3.05) is 0 Å². The quantitative estimate of drug-likeness (QED) is 0.553. The summed E-state index contributed by atoms with van der Waals surface area (Å²) in [5, 5.41) is 7.07. The summed E-state index contributed by atoms with van der Waals surface area (Å²) in [6.45, 7) is 0.840. The minimum atomic E-state index is 0.840. The zero-order chi connectivity index (χ0) is 6.97. The third-order valence-electron chi connectivity index (χ3n) is 1.55. The SMILES string of the molecule is Cn1ncc2c1N=CNC2. The van der Waals surface area contributed by atoms with Crippen molar-refractivity contribution in [1.29, 1.82) is 0 Å². The molecule has 0 fully saturated rings. The van der Waals surface area contributed by atoms with Crippen molar-refractivity contribution in [1.82, 2.24) is 15.1 Å². The van der Waals surface area contributed by atoms with Crippen molar-refractivity contribution >= 4 is 12.2 Å². The molecule has 4 nitrogen and oxygen atoms in total. The molecule has 0 spiro atoms. The van der Waals surface area contributed by atoms with Crippen molar-refractivity contribution in [2.45, 2.75) is 6.54 Å². The predicted octanol–water partition coefficient (Wildman–Crippen LogP) is 0.183.